The number of nitrogens with zero attached hydrogens (tertiary/aromatic N) is 4. The van der Waals surface area contributed by atoms with Gasteiger partial charge in [0.15, 0.2) is 11.6 Å². The van der Waals surface area contributed by atoms with Crippen molar-refractivity contribution < 1.29 is 19.0 Å². The molecule has 0 saturated heterocycles. The number of aromatic hydroxyl groups is 1. The fourth-order valence-corrected chi connectivity index (χ4v) is 2.89. The van der Waals surface area contributed by atoms with Gasteiger partial charge in [0.05, 0.1) is 36.3 Å². The van der Waals surface area contributed by atoms with Crippen molar-refractivity contribution in [2.45, 2.75) is 0 Å². The number of pyridine rings is 1. The van der Waals surface area contributed by atoms with E-state index in [1.165, 1.54) is 16.8 Å². The fourth-order valence-electron chi connectivity index (χ4n) is 2.89. The number of fused-ring (bicyclic) bond motifs is 1. The first-order chi connectivity index (χ1) is 14.6. The number of aromatic nitrogens is 4. The number of phenols is 1. The Hall–Kier alpha value is -3.56. The Bertz CT molecular complexity index is 1160. The number of hydrogen-bond acceptors (Lipinski definition) is 7. The minimum absolute atomic E-state index is 0.415. The highest BCUT2D eigenvalue weighted by Gasteiger charge is 2.10. The Morgan fingerprint density at radius 3 is 2.73 bits per heavy atom. The van der Waals surface area contributed by atoms with Crippen molar-refractivity contribution >= 4 is 10.9 Å². The number of benzene rings is 2. The Balaban J connectivity index is 1.50. The molecule has 8 nitrogen and oxygen atoms in total. The third-order valence-electron chi connectivity index (χ3n) is 4.37. The molecule has 0 aliphatic carbocycles. The van der Waals surface area contributed by atoms with E-state index < -0.39 is 11.6 Å². The lowest BCUT2D eigenvalue weighted by Gasteiger charge is -2.08. The van der Waals surface area contributed by atoms with Gasteiger partial charge in [-0.15, -0.1) is 5.10 Å². The van der Waals surface area contributed by atoms with E-state index in [9.17, 15) is 9.50 Å². The van der Waals surface area contributed by atoms with Gasteiger partial charge in [-0.05, 0) is 36.4 Å². The zero-order chi connectivity index (χ0) is 20.9. The van der Waals surface area contributed by atoms with Crippen molar-refractivity contribution in [3.05, 3.63) is 60.5 Å². The van der Waals surface area contributed by atoms with Crippen molar-refractivity contribution in [1.29, 1.82) is 0 Å². The predicted molar refractivity (Wildman–Crippen MR) is 109 cm³/mol. The number of phenolic OH excluding ortho intramolecular Hbond substituents is 1. The number of ether oxygens (including phenoxy) is 2. The summed E-state index contributed by atoms with van der Waals surface area (Å²) in [6.07, 6.45) is 1.65. The van der Waals surface area contributed by atoms with Crippen LogP contribution in [-0.4, -0.2) is 51.4 Å². The zero-order valence-electron chi connectivity index (χ0n) is 16.0. The maximum Gasteiger partial charge on any atom is 0.166 e. The van der Waals surface area contributed by atoms with Gasteiger partial charge in [0.2, 0.25) is 0 Å². The molecule has 2 aromatic heterocycles. The molecule has 4 aromatic rings. The predicted octanol–water partition coefficient (Wildman–Crippen LogP) is 2.68. The molecule has 0 amide bonds. The summed E-state index contributed by atoms with van der Waals surface area (Å²) < 4.78 is 26.0. The Morgan fingerprint density at radius 2 is 1.90 bits per heavy atom. The second-order valence-corrected chi connectivity index (χ2v) is 6.48. The molecule has 3 N–H and O–H groups in total. The van der Waals surface area contributed by atoms with Gasteiger partial charge in [0, 0.05) is 18.0 Å². The molecule has 2 heterocycles. The summed E-state index contributed by atoms with van der Waals surface area (Å²) in [5.41, 5.74) is 7.78. The van der Waals surface area contributed by atoms with Gasteiger partial charge < -0.3 is 20.3 Å². The van der Waals surface area contributed by atoms with E-state index in [1.807, 2.05) is 30.3 Å². The van der Waals surface area contributed by atoms with Gasteiger partial charge in [-0.2, -0.15) is 0 Å². The van der Waals surface area contributed by atoms with Crippen LogP contribution in [-0.2, 0) is 4.74 Å². The lowest BCUT2D eigenvalue weighted by Crippen LogP contribution is -2.13. The van der Waals surface area contributed by atoms with Crippen molar-refractivity contribution in [3.63, 3.8) is 0 Å². The number of halogens is 1. The third-order valence-corrected chi connectivity index (χ3v) is 4.37. The normalized spacial score (nSPS) is 11.1. The molecule has 30 heavy (non-hydrogen) atoms. The largest absolute Gasteiger partial charge is 0.505 e. The Morgan fingerprint density at radius 1 is 1.00 bits per heavy atom. The average Bonchev–Trinajstić information content (AvgIpc) is 3.25. The van der Waals surface area contributed by atoms with E-state index in [1.54, 1.807) is 12.3 Å². The molecule has 2 aromatic carbocycles. The molecule has 0 fully saturated rings. The van der Waals surface area contributed by atoms with Crippen LogP contribution >= 0.6 is 0 Å². The molecule has 0 atom stereocenters. The highest BCUT2D eigenvalue weighted by Crippen LogP contribution is 2.24. The molecule has 0 bridgehead atoms. The molecule has 0 aliphatic heterocycles. The summed E-state index contributed by atoms with van der Waals surface area (Å²) >= 11 is 0. The van der Waals surface area contributed by atoms with Crippen LogP contribution in [0.1, 0.15) is 0 Å². The summed E-state index contributed by atoms with van der Waals surface area (Å²) in [5, 5.41) is 18.4. The van der Waals surface area contributed by atoms with E-state index in [0.29, 0.717) is 43.4 Å². The monoisotopic (exact) mass is 409 g/mol. The first-order valence-electron chi connectivity index (χ1n) is 9.37. The Kier molecular flexibility index (Phi) is 5.82. The van der Waals surface area contributed by atoms with E-state index in [2.05, 4.69) is 15.3 Å². The lowest BCUT2D eigenvalue weighted by molar-refractivity contribution is 0.106. The van der Waals surface area contributed by atoms with E-state index in [-0.39, 0.29) is 0 Å². The molecule has 0 unspecified atom stereocenters. The van der Waals surface area contributed by atoms with E-state index in [0.717, 1.165) is 16.7 Å². The molecule has 9 heteroatoms. The molecule has 0 saturated carbocycles. The van der Waals surface area contributed by atoms with Gasteiger partial charge in [-0.1, -0.05) is 11.3 Å². The topological polar surface area (TPSA) is 108 Å². The molecular weight excluding hydrogens is 389 g/mol. The van der Waals surface area contributed by atoms with Crippen LogP contribution in [0, 0.1) is 5.82 Å². The first kappa shape index (κ1) is 19.7. The lowest BCUT2D eigenvalue weighted by atomic mass is 10.2. The summed E-state index contributed by atoms with van der Waals surface area (Å²) in [6.45, 7) is 1.93. The highest BCUT2D eigenvalue weighted by molar-refractivity contribution is 5.82. The smallest absolute Gasteiger partial charge is 0.166 e. The van der Waals surface area contributed by atoms with Crippen LogP contribution in [0.25, 0.3) is 28.0 Å². The Labute approximate surface area is 171 Å². The third kappa shape index (κ3) is 4.37. The highest BCUT2D eigenvalue weighted by atomic mass is 19.1. The maximum absolute atomic E-state index is 13.6. The van der Waals surface area contributed by atoms with Crippen molar-refractivity contribution in [3.8, 4) is 28.6 Å². The van der Waals surface area contributed by atoms with Crippen LogP contribution in [0.3, 0.4) is 0 Å². The second kappa shape index (κ2) is 8.85. The van der Waals surface area contributed by atoms with Gasteiger partial charge in [-0.25, -0.2) is 14.1 Å². The van der Waals surface area contributed by atoms with Gasteiger partial charge in [0.1, 0.15) is 18.1 Å². The van der Waals surface area contributed by atoms with Crippen LogP contribution in [0.15, 0.2) is 54.7 Å². The SMILES string of the molecule is NCCOCCOc1ccc2nc(-c3cn(-c4ccc(O)c(F)c4)nn3)ccc2c1. The molecule has 0 radical (unpaired) electrons. The number of rotatable bonds is 8. The first-order valence-corrected chi connectivity index (χ1v) is 9.37. The maximum atomic E-state index is 13.6. The van der Waals surface area contributed by atoms with Crippen molar-refractivity contribution in [2.75, 3.05) is 26.4 Å². The van der Waals surface area contributed by atoms with Crippen LogP contribution < -0.4 is 10.5 Å². The molecular formula is C21H20FN5O3. The van der Waals surface area contributed by atoms with Crippen LogP contribution in [0.2, 0.25) is 0 Å². The quantitative estimate of drug-likeness (QED) is 0.431. The standard InChI is InChI=1S/C21H20FN5O3/c22-17-12-15(2-6-21(17)28)27-13-20(25-26-27)19-4-1-14-11-16(3-5-18(14)24-19)30-10-9-29-8-7-23/h1-6,11-13,28H,7-10,23H2. The average molecular weight is 409 g/mol. The summed E-state index contributed by atoms with van der Waals surface area (Å²) in [7, 11) is 0. The number of nitrogens with two attached hydrogens (primary N) is 1. The van der Waals surface area contributed by atoms with Crippen LogP contribution in [0.5, 0.6) is 11.5 Å². The fraction of sp³-hybridized carbons (Fsp3) is 0.190. The van der Waals surface area contributed by atoms with E-state index in [4.69, 9.17) is 15.2 Å². The van der Waals surface area contributed by atoms with Gasteiger partial charge >= 0.3 is 0 Å². The van der Waals surface area contributed by atoms with Gasteiger partial charge in [-0.3, -0.25) is 0 Å². The van der Waals surface area contributed by atoms with Gasteiger partial charge in [0.25, 0.3) is 0 Å². The molecule has 4 rings (SSSR count). The second-order valence-electron chi connectivity index (χ2n) is 6.48. The van der Waals surface area contributed by atoms with Crippen molar-refractivity contribution in [2.24, 2.45) is 5.73 Å². The number of hydrogen-bond donors (Lipinski definition) is 2. The van der Waals surface area contributed by atoms with E-state index >= 15 is 0 Å². The van der Waals surface area contributed by atoms with Crippen molar-refractivity contribution in [1.82, 2.24) is 20.0 Å². The molecule has 0 spiro atoms. The minimum Gasteiger partial charge on any atom is -0.505 e. The summed E-state index contributed by atoms with van der Waals surface area (Å²) in [4.78, 5) is 4.62. The molecule has 154 valence electrons. The minimum atomic E-state index is -0.725. The van der Waals surface area contributed by atoms with Crippen LogP contribution in [0.4, 0.5) is 4.39 Å². The molecule has 0 aliphatic rings. The summed E-state index contributed by atoms with van der Waals surface area (Å²) in [6, 6.07) is 13.4. The zero-order valence-corrected chi connectivity index (χ0v) is 16.0. The summed E-state index contributed by atoms with van der Waals surface area (Å²) in [5.74, 6) is -0.409.